The molecule has 0 spiro atoms. The maximum Gasteiger partial charge on any atom is 0.277 e. The summed E-state index contributed by atoms with van der Waals surface area (Å²) in [5, 5.41) is 7.78. The molecule has 2 heterocycles. The molecule has 1 amide bonds. The number of amides is 1. The first kappa shape index (κ1) is 20.5. The molecule has 0 unspecified atom stereocenters. The van der Waals surface area contributed by atoms with Crippen LogP contribution in [0.5, 0.6) is 11.5 Å². The van der Waals surface area contributed by atoms with E-state index < -0.39 is 0 Å². The summed E-state index contributed by atoms with van der Waals surface area (Å²) in [4.78, 5) is 25.2. The van der Waals surface area contributed by atoms with Crippen LogP contribution >= 0.6 is 11.6 Å². The molecule has 0 fully saturated rings. The van der Waals surface area contributed by atoms with Gasteiger partial charge in [-0.15, -0.1) is 0 Å². The highest BCUT2D eigenvalue weighted by Crippen LogP contribution is 2.31. The molecule has 0 saturated carbocycles. The molecule has 0 bridgehead atoms. The van der Waals surface area contributed by atoms with Crippen LogP contribution in [0.15, 0.2) is 65.7 Å². The fraction of sp³-hybridized carbons (Fsp3) is 0.136. The van der Waals surface area contributed by atoms with E-state index in [4.69, 9.17) is 21.1 Å². The summed E-state index contributed by atoms with van der Waals surface area (Å²) < 4.78 is 13.4. The van der Waals surface area contributed by atoms with Crippen LogP contribution in [0.4, 0.5) is 5.69 Å². The SMILES string of the molecule is COc1ccc(-c2cc3c(=O)n(CC(=O)Nc4ccc(Cl)cc4)ccn3n2)cc1OC. The van der Waals surface area contributed by atoms with Crippen LogP contribution in [-0.2, 0) is 11.3 Å². The first-order valence-electron chi connectivity index (χ1n) is 9.35. The molecular weight excluding hydrogens is 420 g/mol. The lowest BCUT2D eigenvalue weighted by atomic mass is 10.1. The number of carbonyl (C=O) groups is 1. The van der Waals surface area contributed by atoms with E-state index >= 15 is 0 Å². The molecule has 0 radical (unpaired) electrons. The molecule has 158 valence electrons. The molecule has 2 aromatic heterocycles. The molecular formula is C22H19ClN4O4. The molecule has 2 aromatic carbocycles. The zero-order valence-corrected chi connectivity index (χ0v) is 17.6. The number of nitrogens with one attached hydrogen (secondary N) is 1. The molecule has 0 aliphatic rings. The van der Waals surface area contributed by atoms with Crippen LogP contribution in [0.1, 0.15) is 0 Å². The average Bonchev–Trinajstić information content (AvgIpc) is 3.22. The number of benzene rings is 2. The Hall–Kier alpha value is -3.78. The van der Waals surface area contributed by atoms with Crippen LogP contribution in [0.2, 0.25) is 5.02 Å². The molecule has 31 heavy (non-hydrogen) atoms. The van der Waals surface area contributed by atoms with E-state index in [1.165, 1.54) is 15.3 Å². The van der Waals surface area contributed by atoms with E-state index in [0.29, 0.717) is 33.4 Å². The Morgan fingerprint density at radius 3 is 2.48 bits per heavy atom. The Bertz CT molecular complexity index is 1310. The molecule has 0 saturated heterocycles. The van der Waals surface area contributed by atoms with Gasteiger partial charge in [-0.3, -0.25) is 9.59 Å². The summed E-state index contributed by atoms with van der Waals surface area (Å²) in [5.41, 5.74) is 2.00. The molecule has 0 aliphatic heterocycles. The molecule has 4 rings (SSSR count). The third kappa shape index (κ3) is 4.24. The van der Waals surface area contributed by atoms with Gasteiger partial charge in [0, 0.05) is 28.7 Å². The maximum absolute atomic E-state index is 12.9. The van der Waals surface area contributed by atoms with Crippen molar-refractivity contribution >= 4 is 28.7 Å². The highest BCUT2D eigenvalue weighted by atomic mass is 35.5. The molecule has 8 nitrogen and oxygen atoms in total. The van der Waals surface area contributed by atoms with Gasteiger partial charge in [0.2, 0.25) is 5.91 Å². The van der Waals surface area contributed by atoms with Crippen molar-refractivity contribution in [2.75, 3.05) is 19.5 Å². The number of rotatable bonds is 6. The lowest BCUT2D eigenvalue weighted by molar-refractivity contribution is -0.116. The number of carbonyl (C=O) groups excluding carboxylic acids is 1. The van der Waals surface area contributed by atoms with Crippen molar-refractivity contribution in [3.05, 3.63) is 76.3 Å². The molecule has 0 aliphatic carbocycles. The first-order chi connectivity index (χ1) is 15.0. The van der Waals surface area contributed by atoms with Crippen LogP contribution in [0, 0.1) is 0 Å². The van der Waals surface area contributed by atoms with Crippen LogP contribution in [0.25, 0.3) is 16.8 Å². The predicted octanol–water partition coefficient (Wildman–Crippen LogP) is 3.47. The smallest absolute Gasteiger partial charge is 0.277 e. The van der Waals surface area contributed by atoms with Crippen molar-refractivity contribution in [3.63, 3.8) is 0 Å². The van der Waals surface area contributed by atoms with E-state index in [2.05, 4.69) is 10.4 Å². The number of aromatic nitrogens is 3. The molecule has 4 aromatic rings. The van der Waals surface area contributed by atoms with Gasteiger partial charge in [-0.25, -0.2) is 4.52 Å². The third-order valence-electron chi connectivity index (χ3n) is 4.72. The summed E-state index contributed by atoms with van der Waals surface area (Å²) in [7, 11) is 3.12. The van der Waals surface area contributed by atoms with E-state index in [9.17, 15) is 9.59 Å². The Labute approximate surface area is 182 Å². The highest BCUT2D eigenvalue weighted by molar-refractivity contribution is 6.30. The number of halogens is 1. The van der Waals surface area contributed by atoms with Crippen molar-refractivity contribution in [3.8, 4) is 22.8 Å². The van der Waals surface area contributed by atoms with Crippen molar-refractivity contribution in [1.82, 2.24) is 14.2 Å². The van der Waals surface area contributed by atoms with Crippen molar-refractivity contribution in [1.29, 1.82) is 0 Å². The van der Waals surface area contributed by atoms with Gasteiger partial charge in [0.15, 0.2) is 11.5 Å². The minimum Gasteiger partial charge on any atom is -0.493 e. The second-order valence-electron chi connectivity index (χ2n) is 6.72. The monoisotopic (exact) mass is 438 g/mol. The summed E-state index contributed by atoms with van der Waals surface area (Å²) >= 11 is 5.85. The van der Waals surface area contributed by atoms with Crippen molar-refractivity contribution in [2.24, 2.45) is 0 Å². The zero-order chi connectivity index (χ0) is 22.0. The number of hydrogen-bond acceptors (Lipinski definition) is 5. The molecule has 1 N–H and O–H groups in total. The highest BCUT2D eigenvalue weighted by Gasteiger charge is 2.13. The number of anilines is 1. The lowest BCUT2D eigenvalue weighted by Gasteiger charge is -2.08. The van der Waals surface area contributed by atoms with E-state index in [-0.39, 0.29) is 18.0 Å². The number of fused-ring (bicyclic) bond motifs is 1. The van der Waals surface area contributed by atoms with Gasteiger partial charge in [0.25, 0.3) is 5.56 Å². The Balaban J connectivity index is 1.60. The summed E-state index contributed by atoms with van der Waals surface area (Å²) in [6.45, 7) is -0.130. The summed E-state index contributed by atoms with van der Waals surface area (Å²) in [5.74, 6) is 0.839. The minimum atomic E-state index is -0.326. The van der Waals surface area contributed by atoms with E-state index in [1.54, 1.807) is 62.9 Å². The first-order valence-corrected chi connectivity index (χ1v) is 9.73. The quantitative estimate of drug-likeness (QED) is 0.498. The topological polar surface area (TPSA) is 86.9 Å². The van der Waals surface area contributed by atoms with Gasteiger partial charge in [-0.1, -0.05) is 11.6 Å². The maximum atomic E-state index is 12.9. The third-order valence-corrected chi connectivity index (χ3v) is 4.98. The minimum absolute atomic E-state index is 0.130. The Morgan fingerprint density at radius 2 is 1.77 bits per heavy atom. The molecule has 9 heteroatoms. The number of nitrogens with zero attached hydrogens (tertiary/aromatic N) is 3. The van der Waals surface area contributed by atoms with Crippen molar-refractivity contribution < 1.29 is 14.3 Å². The Kier molecular flexibility index (Phi) is 5.64. The number of hydrogen-bond donors (Lipinski definition) is 1. The van der Waals surface area contributed by atoms with E-state index in [0.717, 1.165) is 5.56 Å². The van der Waals surface area contributed by atoms with Crippen LogP contribution in [-0.4, -0.2) is 34.3 Å². The van der Waals surface area contributed by atoms with Crippen molar-refractivity contribution in [2.45, 2.75) is 6.54 Å². The summed E-state index contributed by atoms with van der Waals surface area (Å²) in [6, 6.07) is 13.8. The van der Waals surface area contributed by atoms with Gasteiger partial charge in [-0.2, -0.15) is 5.10 Å². The van der Waals surface area contributed by atoms with Gasteiger partial charge < -0.3 is 19.4 Å². The largest absolute Gasteiger partial charge is 0.493 e. The molecule has 0 atom stereocenters. The fourth-order valence-corrected chi connectivity index (χ4v) is 3.30. The van der Waals surface area contributed by atoms with Gasteiger partial charge in [0.1, 0.15) is 12.1 Å². The number of ether oxygens (including phenoxy) is 2. The number of methoxy groups -OCH3 is 2. The summed E-state index contributed by atoms with van der Waals surface area (Å²) in [6.07, 6.45) is 3.17. The predicted molar refractivity (Wildman–Crippen MR) is 118 cm³/mol. The standard InChI is InChI=1S/C22H19ClN4O4/c1-30-19-8-3-14(11-20(19)31-2)17-12-18-22(29)26(9-10-27(18)25-17)13-21(28)24-16-6-4-15(23)5-7-16/h3-12H,13H2,1-2H3,(H,24,28). The van der Waals surface area contributed by atoms with E-state index in [1.807, 2.05) is 6.07 Å². The van der Waals surface area contributed by atoms with Crippen LogP contribution in [0.3, 0.4) is 0 Å². The second kappa shape index (κ2) is 8.53. The van der Waals surface area contributed by atoms with Gasteiger partial charge >= 0.3 is 0 Å². The zero-order valence-electron chi connectivity index (χ0n) is 16.8. The van der Waals surface area contributed by atoms with Crippen LogP contribution < -0.4 is 20.3 Å². The van der Waals surface area contributed by atoms with Gasteiger partial charge in [-0.05, 0) is 48.5 Å². The average molecular weight is 439 g/mol. The normalized spacial score (nSPS) is 10.8. The fourth-order valence-electron chi connectivity index (χ4n) is 3.18. The Morgan fingerprint density at radius 1 is 1.03 bits per heavy atom. The second-order valence-corrected chi connectivity index (χ2v) is 7.15. The van der Waals surface area contributed by atoms with Gasteiger partial charge in [0.05, 0.1) is 19.9 Å². The lowest BCUT2D eigenvalue weighted by Crippen LogP contribution is -2.28.